The van der Waals surface area contributed by atoms with Crippen molar-refractivity contribution in [2.75, 3.05) is 32.7 Å². The second kappa shape index (κ2) is 8.88. The van der Waals surface area contributed by atoms with Crippen LogP contribution in [-0.4, -0.2) is 86.9 Å². The predicted molar refractivity (Wildman–Crippen MR) is 120 cm³/mol. The van der Waals surface area contributed by atoms with Gasteiger partial charge in [-0.05, 0) is 26.7 Å². The number of amides is 2. The highest BCUT2D eigenvalue weighted by molar-refractivity contribution is 7.15. The second-order valence-electron chi connectivity index (χ2n) is 9.25. The van der Waals surface area contributed by atoms with Crippen LogP contribution in [0.15, 0.2) is 11.6 Å². The summed E-state index contributed by atoms with van der Waals surface area (Å²) in [6.07, 6.45) is 1.98. The molecule has 0 bridgehead atoms. The van der Waals surface area contributed by atoms with Crippen molar-refractivity contribution in [3.05, 3.63) is 23.0 Å². The summed E-state index contributed by atoms with van der Waals surface area (Å²) in [5, 5.41) is 1.98. The molecule has 0 aliphatic carbocycles. The maximum Gasteiger partial charge on any atom is 0.274 e. The molecule has 0 spiro atoms. The van der Waals surface area contributed by atoms with Crippen LogP contribution in [0, 0.1) is 5.92 Å². The Kier molecular flexibility index (Phi) is 6.37. The van der Waals surface area contributed by atoms with Gasteiger partial charge in [-0.1, -0.05) is 13.8 Å². The summed E-state index contributed by atoms with van der Waals surface area (Å²) >= 11 is 1.52. The monoisotopic (exact) mass is 447 g/mol. The molecule has 0 unspecified atom stereocenters. The summed E-state index contributed by atoms with van der Waals surface area (Å²) in [5.41, 5.74) is 1.36. The van der Waals surface area contributed by atoms with E-state index in [9.17, 15) is 9.59 Å². The molecule has 2 aliphatic rings. The van der Waals surface area contributed by atoms with Gasteiger partial charge in [-0.2, -0.15) is 0 Å². The van der Waals surface area contributed by atoms with Crippen molar-refractivity contribution in [1.29, 1.82) is 0 Å². The molecule has 2 aromatic heterocycles. The number of thiazole rings is 1. The second-order valence-corrected chi connectivity index (χ2v) is 10.1. The van der Waals surface area contributed by atoms with Crippen LogP contribution in [0.3, 0.4) is 0 Å². The quantitative estimate of drug-likeness (QED) is 0.704. The number of carbonyl (C=O) groups excluding carboxylic acids is 2. The molecule has 0 saturated carbocycles. The number of ether oxygens (including phenoxy) is 1. The first kappa shape index (κ1) is 22.2. The van der Waals surface area contributed by atoms with Crippen LogP contribution < -0.4 is 0 Å². The first-order chi connectivity index (χ1) is 14.7. The Labute approximate surface area is 187 Å². The van der Waals surface area contributed by atoms with E-state index in [1.165, 1.54) is 11.3 Å². The maximum absolute atomic E-state index is 13.4. The molecular formula is C22H33N5O3S. The van der Waals surface area contributed by atoms with Gasteiger partial charge in [-0.25, -0.2) is 4.98 Å². The zero-order chi connectivity index (χ0) is 22.3. The predicted octanol–water partition coefficient (Wildman–Crippen LogP) is 2.33. The van der Waals surface area contributed by atoms with Crippen LogP contribution in [0.1, 0.15) is 50.8 Å². The van der Waals surface area contributed by atoms with E-state index < -0.39 is 0 Å². The van der Waals surface area contributed by atoms with Crippen LogP contribution in [-0.2, 0) is 16.1 Å². The van der Waals surface area contributed by atoms with Gasteiger partial charge in [-0.15, -0.1) is 11.3 Å². The lowest BCUT2D eigenvalue weighted by Gasteiger charge is -2.40. The van der Waals surface area contributed by atoms with E-state index in [0.29, 0.717) is 37.8 Å². The largest absolute Gasteiger partial charge is 0.372 e. The summed E-state index contributed by atoms with van der Waals surface area (Å²) in [5.74, 6) is 0.561. The molecule has 4 heterocycles. The van der Waals surface area contributed by atoms with Crippen LogP contribution in [0.2, 0.25) is 0 Å². The number of rotatable bonds is 5. The minimum atomic E-state index is -0.219. The number of nitrogens with zero attached hydrogens (tertiary/aromatic N) is 5. The third-order valence-electron chi connectivity index (χ3n) is 6.08. The van der Waals surface area contributed by atoms with Gasteiger partial charge < -0.3 is 14.5 Å². The van der Waals surface area contributed by atoms with Crippen molar-refractivity contribution >= 4 is 28.1 Å². The summed E-state index contributed by atoms with van der Waals surface area (Å²) < 4.78 is 7.80. The number of carbonyl (C=O) groups is 2. The van der Waals surface area contributed by atoms with Crippen molar-refractivity contribution in [2.45, 2.75) is 59.4 Å². The van der Waals surface area contributed by atoms with Gasteiger partial charge in [-0.3, -0.25) is 18.9 Å². The Bertz CT molecular complexity index is 944. The molecule has 2 amide bonds. The lowest BCUT2D eigenvalue weighted by atomic mass is 10.1. The van der Waals surface area contributed by atoms with E-state index in [-0.39, 0.29) is 30.1 Å². The Hall–Kier alpha value is -1.97. The smallest absolute Gasteiger partial charge is 0.274 e. The highest BCUT2D eigenvalue weighted by Crippen LogP contribution is 2.24. The van der Waals surface area contributed by atoms with Crippen LogP contribution in [0.4, 0.5) is 0 Å². The molecule has 2 fully saturated rings. The number of imidazole rings is 1. The zero-order valence-corrected chi connectivity index (χ0v) is 19.9. The molecule has 2 aliphatic heterocycles. The maximum atomic E-state index is 13.4. The summed E-state index contributed by atoms with van der Waals surface area (Å²) in [6.45, 7) is 14.2. The Morgan fingerprint density at radius 1 is 1.23 bits per heavy atom. The topological polar surface area (TPSA) is 70.4 Å². The number of fused-ring (bicyclic) bond motifs is 1. The summed E-state index contributed by atoms with van der Waals surface area (Å²) in [7, 11) is 0. The fraction of sp³-hybridized carbons (Fsp3) is 0.682. The van der Waals surface area contributed by atoms with Crippen molar-refractivity contribution in [3.8, 4) is 0 Å². The van der Waals surface area contributed by atoms with Crippen LogP contribution in [0.25, 0.3) is 4.96 Å². The normalized spacial score (nSPS) is 25.7. The molecule has 8 nitrogen and oxygen atoms in total. The van der Waals surface area contributed by atoms with Crippen LogP contribution >= 0.6 is 11.3 Å². The zero-order valence-electron chi connectivity index (χ0n) is 19.1. The van der Waals surface area contributed by atoms with Crippen molar-refractivity contribution in [3.63, 3.8) is 0 Å². The molecule has 2 saturated heterocycles. The average molecular weight is 448 g/mol. The first-order valence-electron chi connectivity index (χ1n) is 11.2. The summed E-state index contributed by atoms with van der Waals surface area (Å²) in [6, 6.07) is -0.219. The fourth-order valence-electron chi connectivity index (χ4n) is 4.65. The van der Waals surface area contributed by atoms with E-state index in [1.807, 2.05) is 46.5 Å². The van der Waals surface area contributed by atoms with Gasteiger partial charge in [0, 0.05) is 50.8 Å². The van der Waals surface area contributed by atoms with Gasteiger partial charge in [0.2, 0.25) is 5.91 Å². The Balaban J connectivity index is 1.57. The van der Waals surface area contributed by atoms with E-state index >= 15 is 0 Å². The van der Waals surface area contributed by atoms with E-state index in [2.05, 4.69) is 23.7 Å². The van der Waals surface area contributed by atoms with E-state index in [1.54, 1.807) is 0 Å². The first-order valence-corrected chi connectivity index (χ1v) is 12.0. The molecule has 4 rings (SSSR count). The molecule has 0 N–H and O–H groups in total. The van der Waals surface area contributed by atoms with Crippen molar-refractivity contribution < 1.29 is 14.3 Å². The molecule has 31 heavy (non-hydrogen) atoms. The third-order valence-corrected chi connectivity index (χ3v) is 6.84. The van der Waals surface area contributed by atoms with Crippen molar-refractivity contribution in [1.82, 2.24) is 24.1 Å². The van der Waals surface area contributed by atoms with Gasteiger partial charge in [0.1, 0.15) is 0 Å². The standard InChI is InChI=1S/C22H33N5O3S/c1-14(2)10-25-7-6-24(17(5)20(25)28)13-18-19(23-22-27(18)8-9-31-22)21(29)26-11-15(3)30-16(4)12-26/h8-9,14-17H,6-7,10-13H2,1-5H3/t15-,16+,17-/m0/s1. The highest BCUT2D eigenvalue weighted by atomic mass is 32.1. The molecule has 0 radical (unpaired) electrons. The molecule has 170 valence electrons. The number of hydrogen-bond acceptors (Lipinski definition) is 6. The van der Waals surface area contributed by atoms with E-state index in [0.717, 1.165) is 23.7 Å². The Morgan fingerprint density at radius 2 is 1.94 bits per heavy atom. The lowest BCUT2D eigenvalue weighted by molar-refractivity contribution is -0.142. The highest BCUT2D eigenvalue weighted by Gasteiger charge is 2.35. The van der Waals surface area contributed by atoms with Crippen LogP contribution in [0.5, 0.6) is 0 Å². The van der Waals surface area contributed by atoms with E-state index in [4.69, 9.17) is 4.74 Å². The number of hydrogen-bond donors (Lipinski definition) is 0. The molecule has 9 heteroatoms. The molecular weight excluding hydrogens is 414 g/mol. The van der Waals surface area contributed by atoms with Gasteiger partial charge >= 0.3 is 0 Å². The molecule has 2 aromatic rings. The molecule has 3 atom stereocenters. The fourth-order valence-corrected chi connectivity index (χ4v) is 5.39. The Morgan fingerprint density at radius 3 is 2.61 bits per heavy atom. The van der Waals surface area contributed by atoms with Crippen molar-refractivity contribution in [2.24, 2.45) is 5.92 Å². The van der Waals surface area contributed by atoms with Gasteiger partial charge in [0.15, 0.2) is 10.7 Å². The SMILES string of the molecule is CC(C)CN1CCN(Cc2c(C(=O)N3C[C@@H](C)O[C@@H](C)C3)nc3sccn23)[C@@H](C)C1=O. The summed E-state index contributed by atoms with van der Waals surface area (Å²) in [4.78, 5) is 37.9. The third kappa shape index (κ3) is 4.49. The average Bonchev–Trinajstić information content (AvgIpc) is 3.28. The minimum Gasteiger partial charge on any atom is -0.372 e. The number of aromatic nitrogens is 2. The molecule has 0 aromatic carbocycles. The lowest BCUT2D eigenvalue weighted by Crippen LogP contribution is -2.56. The van der Waals surface area contributed by atoms with Gasteiger partial charge in [0.25, 0.3) is 5.91 Å². The number of piperazine rings is 1. The number of morpholine rings is 1. The van der Waals surface area contributed by atoms with Gasteiger partial charge in [0.05, 0.1) is 23.9 Å². The minimum absolute atomic E-state index is 0.00608.